The number of benzene rings is 1. The number of piperidine rings is 1. The molecular weight excluding hydrogens is 319 g/mol. The van der Waals surface area contributed by atoms with Crippen LogP contribution in [-0.4, -0.2) is 39.5 Å². The molecule has 1 aliphatic rings. The van der Waals surface area contributed by atoms with Gasteiger partial charge in [0.1, 0.15) is 21.7 Å². The number of aromatic nitrogens is 1. The first-order valence-electron chi connectivity index (χ1n) is 7.32. The zero-order chi connectivity index (χ0) is 16.4. The van der Waals surface area contributed by atoms with E-state index in [1.807, 2.05) is 0 Å². The van der Waals surface area contributed by atoms with Crippen molar-refractivity contribution in [3.05, 3.63) is 41.2 Å². The number of thiazole rings is 1. The minimum absolute atomic E-state index is 0.330. The molecule has 0 saturated carbocycles. The molecule has 0 unspecified atom stereocenters. The molecule has 1 aromatic heterocycles. The number of amides is 1. The van der Waals surface area contributed by atoms with Crippen molar-refractivity contribution in [3.8, 4) is 10.6 Å². The Labute approximate surface area is 136 Å². The lowest BCUT2D eigenvalue weighted by molar-refractivity contribution is -0.143. The van der Waals surface area contributed by atoms with E-state index in [2.05, 4.69) is 4.98 Å². The summed E-state index contributed by atoms with van der Waals surface area (Å²) in [7, 11) is 0. The normalized spacial score (nSPS) is 18.0. The Morgan fingerprint density at radius 2 is 2.09 bits per heavy atom. The van der Waals surface area contributed by atoms with E-state index < -0.39 is 17.8 Å². The topological polar surface area (TPSA) is 70.5 Å². The van der Waals surface area contributed by atoms with Gasteiger partial charge in [-0.25, -0.2) is 14.2 Å². The van der Waals surface area contributed by atoms with Crippen LogP contribution < -0.4 is 0 Å². The number of hydrogen-bond acceptors (Lipinski definition) is 4. The van der Waals surface area contributed by atoms with Crippen molar-refractivity contribution in [2.45, 2.75) is 25.3 Å². The van der Waals surface area contributed by atoms with Crippen molar-refractivity contribution in [3.63, 3.8) is 0 Å². The summed E-state index contributed by atoms with van der Waals surface area (Å²) >= 11 is 1.08. The highest BCUT2D eigenvalue weighted by molar-refractivity contribution is 7.16. The maximum atomic E-state index is 13.8. The Balaban J connectivity index is 1.86. The van der Waals surface area contributed by atoms with Gasteiger partial charge in [0.05, 0.1) is 6.20 Å². The van der Waals surface area contributed by atoms with Crippen molar-refractivity contribution in [2.24, 2.45) is 0 Å². The minimum atomic E-state index is -0.989. The summed E-state index contributed by atoms with van der Waals surface area (Å²) in [6.45, 7) is 0.419. The molecule has 1 amide bonds. The number of rotatable bonds is 3. The van der Waals surface area contributed by atoms with Crippen LogP contribution in [0.15, 0.2) is 30.5 Å². The average Bonchev–Trinajstić information content (AvgIpc) is 3.04. The van der Waals surface area contributed by atoms with Gasteiger partial charge in [0, 0.05) is 12.1 Å². The molecule has 0 bridgehead atoms. The minimum Gasteiger partial charge on any atom is -0.480 e. The Hall–Kier alpha value is -2.28. The van der Waals surface area contributed by atoms with E-state index in [1.54, 1.807) is 18.2 Å². The monoisotopic (exact) mass is 334 g/mol. The molecule has 23 heavy (non-hydrogen) atoms. The zero-order valence-corrected chi connectivity index (χ0v) is 13.1. The third kappa shape index (κ3) is 3.10. The summed E-state index contributed by atoms with van der Waals surface area (Å²) in [5.41, 5.74) is 0.338. The Morgan fingerprint density at radius 1 is 1.30 bits per heavy atom. The van der Waals surface area contributed by atoms with E-state index in [0.717, 1.165) is 24.2 Å². The molecule has 0 spiro atoms. The van der Waals surface area contributed by atoms with Crippen molar-refractivity contribution < 1.29 is 19.1 Å². The second kappa shape index (κ2) is 6.45. The number of likely N-dealkylation sites (tertiary alicyclic amines) is 1. The van der Waals surface area contributed by atoms with Gasteiger partial charge in [-0.2, -0.15) is 0 Å². The fraction of sp³-hybridized carbons (Fsp3) is 0.312. The third-order valence-corrected chi connectivity index (χ3v) is 4.89. The lowest BCUT2D eigenvalue weighted by Gasteiger charge is -2.32. The predicted octanol–water partition coefficient (Wildman–Crippen LogP) is 3.03. The van der Waals surface area contributed by atoms with Crippen LogP contribution in [0.1, 0.15) is 28.9 Å². The predicted molar refractivity (Wildman–Crippen MR) is 83.8 cm³/mol. The Bertz CT molecular complexity index is 746. The van der Waals surface area contributed by atoms with E-state index in [9.17, 15) is 19.1 Å². The summed E-state index contributed by atoms with van der Waals surface area (Å²) in [6, 6.07) is 5.43. The quantitative estimate of drug-likeness (QED) is 0.936. The molecule has 2 heterocycles. The van der Waals surface area contributed by atoms with Crippen molar-refractivity contribution >= 4 is 23.2 Å². The van der Waals surface area contributed by atoms with Crippen LogP contribution in [0.2, 0.25) is 0 Å². The van der Waals surface area contributed by atoms with Gasteiger partial charge >= 0.3 is 5.97 Å². The number of carbonyl (C=O) groups is 2. The Morgan fingerprint density at radius 3 is 2.83 bits per heavy atom. The van der Waals surface area contributed by atoms with Crippen LogP contribution in [0.5, 0.6) is 0 Å². The number of carbonyl (C=O) groups excluding carboxylic acids is 1. The second-order valence-corrected chi connectivity index (χ2v) is 6.39. The van der Waals surface area contributed by atoms with Crippen molar-refractivity contribution in [1.82, 2.24) is 9.88 Å². The number of aliphatic carboxylic acids is 1. The molecular formula is C16H15FN2O3S. The molecule has 5 nitrogen and oxygen atoms in total. The van der Waals surface area contributed by atoms with Gasteiger partial charge < -0.3 is 10.0 Å². The highest BCUT2D eigenvalue weighted by atomic mass is 32.1. The van der Waals surface area contributed by atoms with Crippen LogP contribution in [-0.2, 0) is 4.79 Å². The number of hydrogen-bond donors (Lipinski definition) is 1. The highest BCUT2D eigenvalue weighted by Crippen LogP contribution is 2.29. The van der Waals surface area contributed by atoms with Crippen LogP contribution >= 0.6 is 11.3 Å². The first-order chi connectivity index (χ1) is 11.1. The van der Waals surface area contributed by atoms with E-state index >= 15 is 0 Å². The van der Waals surface area contributed by atoms with Crippen LogP contribution in [0.3, 0.4) is 0 Å². The van der Waals surface area contributed by atoms with Crippen molar-refractivity contribution in [2.75, 3.05) is 6.54 Å². The van der Waals surface area contributed by atoms with Gasteiger partial charge in [-0.3, -0.25) is 4.79 Å². The van der Waals surface area contributed by atoms with Crippen molar-refractivity contribution in [1.29, 1.82) is 0 Å². The molecule has 3 rings (SSSR count). The fourth-order valence-corrected chi connectivity index (χ4v) is 3.60. The molecule has 7 heteroatoms. The van der Waals surface area contributed by atoms with Crippen LogP contribution in [0.4, 0.5) is 4.39 Å². The lowest BCUT2D eigenvalue weighted by Crippen LogP contribution is -2.47. The number of nitrogens with zero attached hydrogens (tertiary/aromatic N) is 2. The summed E-state index contributed by atoms with van der Waals surface area (Å²) in [4.78, 5) is 29.7. The van der Waals surface area contributed by atoms with Gasteiger partial charge in [-0.05, 0) is 31.4 Å². The lowest BCUT2D eigenvalue weighted by atomic mass is 10.0. The average molecular weight is 334 g/mol. The van der Waals surface area contributed by atoms with Crippen LogP contribution in [0.25, 0.3) is 10.6 Å². The maximum absolute atomic E-state index is 13.8. The molecule has 0 aliphatic carbocycles. The summed E-state index contributed by atoms with van der Waals surface area (Å²) < 4.78 is 13.8. The molecule has 120 valence electrons. The van der Waals surface area contributed by atoms with Gasteiger partial charge in [0.15, 0.2) is 0 Å². The van der Waals surface area contributed by atoms with E-state index in [0.29, 0.717) is 28.4 Å². The zero-order valence-electron chi connectivity index (χ0n) is 12.2. The van der Waals surface area contributed by atoms with Crippen LogP contribution in [0, 0.1) is 5.82 Å². The molecule has 1 atom stereocenters. The molecule has 0 radical (unpaired) electrons. The first-order valence-corrected chi connectivity index (χ1v) is 8.14. The summed E-state index contributed by atoms with van der Waals surface area (Å²) in [6.07, 6.45) is 3.43. The standard InChI is InChI=1S/C16H15FN2O3S/c17-11-6-2-1-5-10(11)14-18-9-13(23-14)15(20)19-8-4-3-7-12(19)16(21)22/h1-2,5-6,9,12H,3-4,7-8H2,(H,21,22)/t12-/m1/s1. The van der Waals surface area contributed by atoms with Gasteiger partial charge in [0.2, 0.25) is 0 Å². The molecule has 1 aliphatic heterocycles. The number of carboxylic acid groups (broad SMARTS) is 1. The van der Waals surface area contributed by atoms with Gasteiger partial charge in [-0.15, -0.1) is 11.3 Å². The third-order valence-electron chi connectivity index (χ3n) is 3.87. The molecule has 1 aromatic carbocycles. The molecule has 1 fully saturated rings. The van der Waals surface area contributed by atoms with E-state index in [4.69, 9.17) is 0 Å². The molecule has 1 N–H and O–H groups in total. The summed E-state index contributed by atoms with van der Waals surface area (Å²) in [5.74, 6) is -1.74. The number of carboxylic acids is 1. The SMILES string of the molecule is O=C(O)[C@H]1CCCCN1C(=O)c1cnc(-c2ccccc2F)s1. The molecule has 2 aromatic rings. The smallest absolute Gasteiger partial charge is 0.326 e. The largest absolute Gasteiger partial charge is 0.480 e. The summed E-state index contributed by atoms with van der Waals surface area (Å²) in [5, 5.41) is 9.68. The fourth-order valence-electron chi connectivity index (χ4n) is 2.71. The maximum Gasteiger partial charge on any atom is 0.326 e. The van der Waals surface area contributed by atoms with E-state index in [-0.39, 0.29) is 5.91 Å². The highest BCUT2D eigenvalue weighted by Gasteiger charge is 2.33. The second-order valence-electron chi connectivity index (χ2n) is 5.36. The number of halogens is 1. The Kier molecular flexibility index (Phi) is 4.38. The van der Waals surface area contributed by atoms with E-state index in [1.165, 1.54) is 17.2 Å². The molecule has 1 saturated heterocycles. The first kappa shape index (κ1) is 15.6. The van der Waals surface area contributed by atoms with Gasteiger partial charge in [0.25, 0.3) is 5.91 Å². The van der Waals surface area contributed by atoms with Gasteiger partial charge in [-0.1, -0.05) is 12.1 Å².